The number of anilines is 1. The number of hydrogen-bond donors (Lipinski definition) is 1. The van der Waals surface area contributed by atoms with Crippen molar-refractivity contribution >= 4 is 29.0 Å². The van der Waals surface area contributed by atoms with Gasteiger partial charge in [0, 0.05) is 22.5 Å². The fourth-order valence-electron chi connectivity index (χ4n) is 3.35. The van der Waals surface area contributed by atoms with Gasteiger partial charge in [0.1, 0.15) is 19.0 Å². The molecule has 0 radical (unpaired) electrons. The minimum atomic E-state index is -0.309. The van der Waals surface area contributed by atoms with Crippen LogP contribution in [-0.2, 0) is 22.7 Å². The van der Waals surface area contributed by atoms with Crippen molar-refractivity contribution in [1.29, 1.82) is 0 Å². The number of hydrogen-bond acceptors (Lipinski definition) is 6. The highest BCUT2D eigenvalue weighted by Crippen LogP contribution is 2.30. The first-order valence-corrected chi connectivity index (χ1v) is 9.59. The molecule has 0 aliphatic carbocycles. The fraction of sp³-hybridized carbons (Fsp3) is 0.125. The second-order valence-corrected chi connectivity index (χ2v) is 7.03. The van der Waals surface area contributed by atoms with E-state index in [1.165, 1.54) is 12.1 Å². The summed E-state index contributed by atoms with van der Waals surface area (Å²) in [4.78, 5) is 27.0. The van der Waals surface area contributed by atoms with E-state index in [1.807, 2.05) is 13.0 Å². The summed E-state index contributed by atoms with van der Waals surface area (Å²) in [6.45, 7) is 2.43. The minimum Gasteiger partial charge on any atom is -0.457 e. The van der Waals surface area contributed by atoms with Crippen molar-refractivity contribution in [1.82, 2.24) is 0 Å². The zero-order valence-electron chi connectivity index (χ0n) is 16.7. The van der Waals surface area contributed by atoms with Gasteiger partial charge in [0.2, 0.25) is 0 Å². The Hall–Kier alpha value is -4.00. The number of nitrogens with zero attached hydrogens (tertiary/aromatic N) is 1. The van der Waals surface area contributed by atoms with E-state index in [9.17, 15) is 14.0 Å². The molecular weight excluding hydrogens is 399 g/mol. The molecule has 0 amide bonds. The highest BCUT2D eigenvalue weighted by Gasteiger charge is 2.23. The molecule has 31 heavy (non-hydrogen) atoms. The SMILES string of the molecule is CC(=Nc1cccc2c1COC2=O)c1ccc(F)cc1.Nc1cccc2c1COC2=O. The number of rotatable bonds is 2. The largest absolute Gasteiger partial charge is 0.457 e. The van der Waals surface area contributed by atoms with Crippen molar-refractivity contribution in [2.24, 2.45) is 4.99 Å². The van der Waals surface area contributed by atoms with Crippen molar-refractivity contribution in [3.05, 3.63) is 94.3 Å². The number of aliphatic imine (C=N–C) groups is 1. The zero-order valence-corrected chi connectivity index (χ0v) is 16.7. The van der Waals surface area contributed by atoms with Gasteiger partial charge >= 0.3 is 11.9 Å². The Bertz CT molecular complexity index is 1200. The van der Waals surface area contributed by atoms with Crippen molar-refractivity contribution < 1.29 is 23.5 Å². The van der Waals surface area contributed by atoms with Gasteiger partial charge in [0.25, 0.3) is 0 Å². The molecule has 0 saturated heterocycles. The number of carbonyl (C=O) groups excluding carboxylic acids is 2. The smallest absolute Gasteiger partial charge is 0.338 e. The molecule has 156 valence electrons. The monoisotopic (exact) mass is 418 g/mol. The molecule has 2 aliphatic rings. The maximum atomic E-state index is 12.9. The highest BCUT2D eigenvalue weighted by atomic mass is 19.1. The van der Waals surface area contributed by atoms with Gasteiger partial charge in [-0.3, -0.25) is 4.99 Å². The molecule has 0 unspecified atom stereocenters. The van der Waals surface area contributed by atoms with E-state index in [1.54, 1.807) is 42.5 Å². The van der Waals surface area contributed by atoms with Crippen molar-refractivity contribution in [3.63, 3.8) is 0 Å². The third-order valence-electron chi connectivity index (χ3n) is 5.05. The van der Waals surface area contributed by atoms with E-state index in [-0.39, 0.29) is 24.4 Å². The number of fused-ring (bicyclic) bond motifs is 2. The van der Waals surface area contributed by atoms with Gasteiger partial charge in [-0.2, -0.15) is 0 Å². The number of ether oxygens (including phenoxy) is 2. The van der Waals surface area contributed by atoms with Crippen LogP contribution in [0.5, 0.6) is 0 Å². The van der Waals surface area contributed by atoms with E-state index in [2.05, 4.69) is 4.99 Å². The van der Waals surface area contributed by atoms with Gasteiger partial charge in [0.05, 0.1) is 16.8 Å². The molecule has 2 heterocycles. The van der Waals surface area contributed by atoms with Crippen molar-refractivity contribution in [3.8, 4) is 0 Å². The van der Waals surface area contributed by atoms with Gasteiger partial charge in [-0.15, -0.1) is 0 Å². The molecule has 0 aromatic heterocycles. The first-order valence-electron chi connectivity index (χ1n) is 9.59. The Balaban J connectivity index is 0.000000177. The second kappa shape index (κ2) is 8.39. The summed E-state index contributed by atoms with van der Waals surface area (Å²) in [7, 11) is 0. The average Bonchev–Trinajstić information content (AvgIpc) is 3.34. The van der Waals surface area contributed by atoms with Crippen LogP contribution in [0.15, 0.2) is 65.7 Å². The number of carbonyl (C=O) groups is 2. The summed E-state index contributed by atoms with van der Waals surface area (Å²) in [6.07, 6.45) is 0. The second-order valence-electron chi connectivity index (χ2n) is 7.03. The van der Waals surface area contributed by atoms with Crippen LogP contribution in [0.3, 0.4) is 0 Å². The number of halogens is 1. The number of nitrogen functional groups attached to an aromatic ring is 1. The number of esters is 2. The maximum Gasteiger partial charge on any atom is 0.338 e. The lowest BCUT2D eigenvalue weighted by molar-refractivity contribution is 0.0526. The van der Waals surface area contributed by atoms with Crippen molar-refractivity contribution in [2.75, 3.05) is 5.73 Å². The molecule has 2 aliphatic heterocycles. The number of nitrogens with two attached hydrogens (primary N) is 1. The van der Waals surface area contributed by atoms with Crippen molar-refractivity contribution in [2.45, 2.75) is 20.1 Å². The first-order chi connectivity index (χ1) is 14.9. The summed E-state index contributed by atoms with van der Waals surface area (Å²) in [5.74, 6) is -0.857. The molecule has 0 atom stereocenters. The average molecular weight is 418 g/mol. The Morgan fingerprint density at radius 1 is 0.871 bits per heavy atom. The molecule has 0 fully saturated rings. The first kappa shape index (κ1) is 20.3. The third kappa shape index (κ3) is 4.16. The van der Waals surface area contributed by atoms with E-state index in [0.29, 0.717) is 23.4 Å². The molecule has 3 aromatic carbocycles. The van der Waals surface area contributed by atoms with Crippen LogP contribution in [0.2, 0.25) is 0 Å². The molecule has 0 saturated carbocycles. The van der Waals surface area contributed by atoms with Gasteiger partial charge < -0.3 is 15.2 Å². The van der Waals surface area contributed by atoms with Crippen LogP contribution >= 0.6 is 0 Å². The predicted molar refractivity (Wildman–Crippen MR) is 114 cm³/mol. The third-order valence-corrected chi connectivity index (χ3v) is 5.05. The Morgan fingerprint density at radius 2 is 1.45 bits per heavy atom. The van der Waals surface area contributed by atoms with Gasteiger partial charge in [-0.05, 0) is 48.9 Å². The van der Waals surface area contributed by atoms with E-state index < -0.39 is 0 Å². The summed E-state index contributed by atoms with van der Waals surface area (Å²) >= 11 is 0. The van der Waals surface area contributed by atoms with E-state index in [0.717, 1.165) is 28.1 Å². The molecule has 5 rings (SSSR count). The minimum absolute atomic E-state index is 0.255. The standard InChI is InChI=1S/C16H12FNO2.C8H7NO2/c1-10(11-5-7-12(17)8-6-11)18-15-4-2-3-13-14(15)9-20-16(13)19;9-7-3-1-2-5-6(7)4-11-8(5)10/h2-8H,9H2,1H3;1-3H,4,9H2. The lowest BCUT2D eigenvalue weighted by Gasteiger charge is -2.04. The van der Waals surface area contributed by atoms with Crippen LogP contribution in [0.25, 0.3) is 0 Å². The molecule has 2 N–H and O–H groups in total. The van der Waals surface area contributed by atoms with E-state index >= 15 is 0 Å². The fourth-order valence-corrected chi connectivity index (χ4v) is 3.35. The quantitative estimate of drug-likeness (QED) is 0.374. The zero-order chi connectivity index (χ0) is 22.0. The van der Waals surface area contributed by atoms with Gasteiger partial charge in [-0.1, -0.05) is 24.3 Å². The van der Waals surface area contributed by atoms with E-state index in [4.69, 9.17) is 15.2 Å². The molecule has 3 aromatic rings. The van der Waals surface area contributed by atoms with Crippen LogP contribution in [0, 0.1) is 5.82 Å². The summed E-state index contributed by atoms with van der Waals surface area (Å²) < 4.78 is 22.7. The van der Waals surface area contributed by atoms with Gasteiger partial charge in [0.15, 0.2) is 0 Å². The van der Waals surface area contributed by atoms with Gasteiger partial charge in [-0.25, -0.2) is 14.0 Å². The van der Waals surface area contributed by atoms with Crippen LogP contribution in [0.4, 0.5) is 15.8 Å². The summed E-state index contributed by atoms with van der Waals surface area (Å²) in [6, 6.07) is 16.8. The number of benzene rings is 3. The Kier molecular flexibility index (Phi) is 5.49. The van der Waals surface area contributed by atoms with Crippen LogP contribution in [-0.4, -0.2) is 17.7 Å². The summed E-state index contributed by atoms with van der Waals surface area (Å²) in [5, 5.41) is 0. The molecule has 6 nitrogen and oxygen atoms in total. The lowest BCUT2D eigenvalue weighted by Crippen LogP contribution is -1.95. The normalized spacial score (nSPS) is 14.2. The van der Waals surface area contributed by atoms with Crippen LogP contribution < -0.4 is 5.73 Å². The van der Waals surface area contributed by atoms with Crippen LogP contribution in [0.1, 0.15) is 44.3 Å². The molecular formula is C24H19FN2O4. The topological polar surface area (TPSA) is 91.0 Å². The molecule has 0 spiro atoms. The highest BCUT2D eigenvalue weighted by molar-refractivity contribution is 6.01. The Labute approximate surface area is 178 Å². The number of cyclic esters (lactones) is 2. The summed E-state index contributed by atoms with van der Waals surface area (Å²) in [5.41, 5.74) is 11.3. The maximum absolute atomic E-state index is 12.9. The predicted octanol–water partition coefficient (Wildman–Crippen LogP) is 4.58. The molecule has 7 heteroatoms. The lowest BCUT2D eigenvalue weighted by atomic mass is 10.1. The Morgan fingerprint density at radius 3 is 2.10 bits per heavy atom. The molecule has 0 bridgehead atoms.